The Morgan fingerprint density at radius 3 is 2.60 bits per heavy atom. The molecule has 0 aliphatic heterocycles. The first kappa shape index (κ1) is 16.7. The van der Waals surface area contributed by atoms with Gasteiger partial charge in [-0.2, -0.15) is 0 Å². The van der Waals surface area contributed by atoms with Crippen LogP contribution in [0.1, 0.15) is 20.8 Å². The number of urea groups is 1. The molecular formula is C13H20BrN3O3. The molecule has 1 aromatic heterocycles. The summed E-state index contributed by atoms with van der Waals surface area (Å²) in [5, 5.41) is 15.0. The van der Waals surface area contributed by atoms with Crippen molar-refractivity contribution in [3.05, 3.63) is 27.1 Å². The summed E-state index contributed by atoms with van der Waals surface area (Å²) in [5.41, 5.74) is 0.00767. The zero-order valence-electron chi connectivity index (χ0n) is 12.0. The lowest BCUT2D eigenvalue weighted by molar-refractivity contribution is 0.0654. The van der Waals surface area contributed by atoms with Gasteiger partial charge >= 0.3 is 6.03 Å². The van der Waals surface area contributed by atoms with Crippen molar-refractivity contribution in [2.45, 2.75) is 26.9 Å². The normalized spacial score (nSPS) is 12.9. The van der Waals surface area contributed by atoms with Crippen LogP contribution in [0.3, 0.4) is 0 Å². The van der Waals surface area contributed by atoms with E-state index in [4.69, 9.17) is 0 Å². The van der Waals surface area contributed by atoms with Crippen molar-refractivity contribution in [1.29, 1.82) is 0 Å². The number of hydrogen-bond acceptors (Lipinski definition) is 3. The molecule has 0 aliphatic rings. The molecule has 0 bridgehead atoms. The summed E-state index contributed by atoms with van der Waals surface area (Å²) in [4.78, 5) is 23.2. The van der Waals surface area contributed by atoms with Gasteiger partial charge in [0.2, 0.25) is 0 Å². The number of amides is 2. The molecule has 1 heterocycles. The fraction of sp³-hybridized carbons (Fsp3) is 0.538. The lowest BCUT2D eigenvalue weighted by Crippen LogP contribution is -2.41. The molecule has 0 aromatic carbocycles. The summed E-state index contributed by atoms with van der Waals surface area (Å²) in [6, 6.07) is 1.10. The van der Waals surface area contributed by atoms with Crippen LogP contribution in [0, 0.1) is 5.41 Å². The molecule has 1 unspecified atom stereocenters. The van der Waals surface area contributed by atoms with E-state index in [1.807, 2.05) is 20.8 Å². The third-order valence-corrected chi connectivity index (χ3v) is 3.42. The van der Waals surface area contributed by atoms with Crippen LogP contribution in [0.4, 0.5) is 10.5 Å². The second-order valence-electron chi connectivity index (χ2n) is 5.71. The van der Waals surface area contributed by atoms with Gasteiger partial charge in [0.05, 0.1) is 16.3 Å². The largest absolute Gasteiger partial charge is 0.391 e. The lowest BCUT2D eigenvalue weighted by atomic mass is 9.89. The van der Waals surface area contributed by atoms with Crippen molar-refractivity contribution in [3.8, 4) is 0 Å². The minimum Gasteiger partial charge on any atom is -0.391 e. The van der Waals surface area contributed by atoms with Gasteiger partial charge in [-0.15, -0.1) is 0 Å². The number of carbonyl (C=O) groups excluding carboxylic acids is 1. The van der Waals surface area contributed by atoms with Crippen LogP contribution in [0.25, 0.3) is 0 Å². The van der Waals surface area contributed by atoms with Crippen molar-refractivity contribution in [2.24, 2.45) is 12.5 Å². The van der Waals surface area contributed by atoms with Gasteiger partial charge in [-0.1, -0.05) is 20.8 Å². The number of aliphatic hydroxyl groups excluding tert-OH is 1. The Morgan fingerprint density at radius 2 is 2.10 bits per heavy atom. The Kier molecular flexibility index (Phi) is 5.35. The van der Waals surface area contributed by atoms with Crippen LogP contribution in [0.5, 0.6) is 0 Å². The first-order valence-electron chi connectivity index (χ1n) is 6.20. The zero-order valence-corrected chi connectivity index (χ0v) is 13.6. The van der Waals surface area contributed by atoms with Gasteiger partial charge in [0.15, 0.2) is 0 Å². The molecule has 7 heteroatoms. The molecule has 1 rings (SSSR count). The number of aliphatic hydroxyl groups is 1. The number of carbonyl (C=O) groups is 1. The average molecular weight is 346 g/mol. The molecule has 112 valence electrons. The van der Waals surface area contributed by atoms with Gasteiger partial charge < -0.3 is 20.3 Å². The van der Waals surface area contributed by atoms with Gasteiger partial charge in [0, 0.05) is 19.8 Å². The van der Waals surface area contributed by atoms with E-state index in [2.05, 4.69) is 26.6 Å². The third-order valence-electron chi connectivity index (χ3n) is 2.85. The SMILES string of the molecule is Cn1cc(NC(=O)NCC(O)C(C)(C)C)cc(Br)c1=O. The number of nitrogens with one attached hydrogen (secondary N) is 2. The fourth-order valence-corrected chi connectivity index (χ4v) is 1.94. The quantitative estimate of drug-likeness (QED) is 0.779. The molecule has 0 radical (unpaired) electrons. The minimum absolute atomic E-state index is 0.155. The van der Waals surface area contributed by atoms with Gasteiger partial charge in [0.25, 0.3) is 5.56 Å². The maximum Gasteiger partial charge on any atom is 0.319 e. The van der Waals surface area contributed by atoms with Crippen LogP contribution in [0.2, 0.25) is 0 Å². The van der Waals surface area contributed by atoms with Crippen molar-refractivity contribution in [3.63, 3.8) is 0 Å². The van der Waals surface area contributed by atoms with Crippen molar-refractivity contribution in [2.75, 3.05) is 11.9 Å². The number of pyridine rings is 1. The first-order valence-corrected chi connectivity index (χ1v) is 6.99. The second kappa shape index (κ2) is 6.41. The highest BCUT2D eigenvalue weighted by Crippen LogP contribution is 2.18. The summed E-state index contributed by atoms with van der Waals surface area (Å²) in [7, 11) is 1.60. The Hall–Kier alpha value is -1.34. The van der Waals surface area contributed by atoms with E-state index in [1.165, 1.54) is 16.8 Å². The second-order valence-corrected chi connectivity index (χ2v) is 6.56. The van der Waals surface area contributed by atoms with E-state index in [9.17, 15) is 14.7 Å². The highest BCUT2D eigenvalue weighted by molar-refractivity contribution is 9.10. The summed E-state index contributed by atoms with van der Waals surface area (Å²) in [6.07, 6.45) is 0.882. The zero-order chi connectivity index (χ0) is 15.5. The highest BCUT2D eigenvalue weighted by atomic mass is 79.9. The number of aryl methyl sites for hydroxylation is 1. The molecule has 6 nitrogen and oxygen atoms in total. The Balaban J connectivity index is 2.62. The Morgan fingerprint density at radius 1 is 1.50 bits per heavy atom. The number of rotatable bonds is 3. The van der Waals surface area contributed by atoms with Crippen LogP contribution in [0.15, 0.2) is 21.5 Å². The van der Waals surface area contributed by atoms with E-state index in [-0.39, 0.29) is 17.5 Å². The Labute approximate surface area is 126 Å². The predicted molar refractivity (Wildman–Crippen MR) is 81.9 cm³/mol. The molecule has 0 aliphatic carbocycles. The van der Waals surface area contributed by atoms with Gasteiger partial charge in [-0.25, -0.2) is 4.79 Å². The van der Waals surface area contributed by atoms with E-state index in [0.717, 1.165) is 0 Å². The molecular weight excluding hydrogens is 326 g/mol. The minimum atomic E-state index is -0.639. The lowest BCUT2D eigenvalue weighted by Gasteiger charge is -2.25. The summed E-state index contributed by atoms with van der Waals surface area (Å²) in [5.74, 6) is 0. The van der Waals surface area contributed by atoms with Crippen molar-refractivity contribution < 1.29 is 9.90 Å². The number of nitrogens with zero attached hydrogens (tertiary/aromatic N) is 1. The highest BCUT2D eigenvalue weighted by Gasteiger charge is 2.22. The molecule has 1 atom stereocenters. The first-order chi connectivity index (χ1) is 9.11. The summed E-state index contributed by atoms with van der Waals surface area (Å²) >= 11 is 3.13. The van der Waals surface area contributed by atoms with Gasteiger partial charge in [0.1, 0.15) is 0 Å². The Bertz CT molecular complexity index is 523. The fourth-order valence-electron chi connectivity index (χ4n) is 1.41. The maximum atomic E-state index is 11.7. The molecule has 0 spiro atoms. The van der Waals surface area contributed by atoms with E-state index in [1.54, 1.807) is 7.05 Å². The molecule has 20 heavy (non-hydrogen) atoms. The van der Waals surface area contributed by atoms with Crippen LogP contribution in [-0.2, 0) is 7.05 Å². The predicted octanol–water partition coefficient (Wildman–Crippen LogP) is 1.68. The van der Waals surface area contributed by atoms with E-state index >= 15 is 0 Å². The average Bonchev–Trinajstić information content (AvgIpc) is 2.31. The van der Waals surface area contributed by atoms with Gasteiger partial charge in [-0.3, -0.25) is 4.79 Å². The summed E-state index contributed by atoms with van der Waals surface area (Å²) in [6.45, 7) is 5.83. The van der Waals surface area contributed by atoms with Crippen LogP contribution in [-0.4, -0.2) is 28.4 Å². The standard InChI is InChI=1S/C13H20BrN3O3/c1-13(2,3)10(18)6-15-12(20)16-8-5-9(14)11(19)17(4)7-8/h5,7,10,18H,6H2,1-4H3,(H2,15,16,20). The molecule has 1 aromatic rings. The number of halogens is 1. The number of aromatic nitrogens is 1. The molecule has 0 saturated carbocycles. The van der Waals surface area contributed by atoms with Crippen molar-refractivity contribution >= 4 is 27.6 Å². The smallest absolute Gasteiger partial charge is 0.319 e. The van der Waals surface area contributed by atoms with E-state index in [0.29, 0.717) is 10.2 Å². The summed E-state index contributed by atoms with van der Waals surface area (Å²) < 4.78 is 1.73. The van der Waals surface area contributed by atoms with Crippen LogP contribution >= 0.6 is 15.9 Å². The number of anilines is 1. The third kappa shape index (κ3) is 4.64. The van der Waals surface area contributed by atoms with E-state index < -0.39 is 12.1 Å². The molecule has 3 N–H and O–H groups in total. The maximum absolute atomic E-state index is 11.7. The topological polar surface area (TPSA) is 83.4 Å². The van der Waals surface area contributed by atoms with Crippen LogP contribution < -0.4 is 16.2 Å². The molecule has 0 fully saturated rings. The monoisotopic (exact) mass is 345 g/mol. The van der Waals surface area contributed by atoms with Gasteiger partial charge in [-0.05, 0) is 27.4 Å². The number of hydrogen-bond donors (Lipinski definition) is 3. The molecule has 2 amide bonds. The van der Waals surface area contributed by atoms with Crippen molar-refractivity contribution in [1.82, 2.24) is 9.88 Å². The molecule has 0 saturated heterocycles.